The van der Waals surface area contributed by atoms with Crippen molar-refractivity contribution in [2.24, 2.45) is 11.8 Å². The van der Waals surface area contributed by atoms with E-state index in [1.54, 1.807) is 0 Å². The Morgan fingerprint density at radius 3 is 2.08 bits per heavy atom. The first kappa shape index (κ1) is 9.32. The molecule has 0 aliphatic carbocycles. The molecule has 1 saturated heterocycles. The van der Waals surface area contributed by atoms with Crippen molar-refractivity contribution in [3.05, 3.63) is 0 Å². The van der Waals surface area contributed by atoms with Gasteiger partial charge in [0.25, 0.3) is 0 Å². The van der Waals surface area contributed by atoms with Crippen LogP contribution in [0.25, 0.3) is 0 Å². The highest BCUT2D eigenvalue weighted by Gasteiger charge is 2.32. The molecule has 1 heterocycles. The number of carboxylic acid groups (broad SMARTS) is 1. The van der Waals surface area contributed by atoms with Crippen molar-refractivity contribution in [3.8, 4) is 0 Å². The summed E-state index contributed by atoms with van der Waals surface area (Å²) in [7, 11) is 0. The summed E-state index contributed by atoms with van der Waals surface area (Å²) in [6.07, 6.45) is -1.25. The smallest absolute Gasteiger partial charge is 0.407 e. The number of aliphatic hydroxyl groups is 1. The zero-order valence-electron chi connectivity index (χ0n) is 7.40. The fraction of sp³-hybridized carbons (Fsp3) is 0.875. The van der Waals surface area contributed by atoms with Crippen molar-refractivity contribution in [2.75, 3.05) is 13.1 Å². The van der Waals surface area contributed by atoms with Gasteiger partial charge in [-0.05, 0) is 0 Å². The number of aliphatic hydroxyl groups excluding tert-OH is 1. The van der Waals surface area contributed by atoms with Crippen LogP contribution in [0.15, 0.2) is 0 Å². The molecule has 1 amide bonds. The minimum atomic E-state index is -0.888. The van der Waals surface area contributed by atoms with E-state index in [1.807, 2.05) is 13.8 Å². The number of hydrogen-bond donors (Lipinski definition) is 2. The highest BCUT2D eigenvalue weighted by Crippen LogP contribution is 2.21. The summed E-state index contributed by atoms with van der Waals surface area (Å²) in [5.41, 5.74) is 0. The molecule has 0 aromatic rings. The SMILES string of the molecule is CC1CN(C(=O)O)CC(C)C1O. The van der Waals surface area contributed by atoms with Gasteiger partial charge in [0.15, 0.2) is 0 Å². The average molecular weight is 173 g/mol. The molecule has 0 radical (unpaired) electrons. The van der Waals surface area contributed by atoms with E-state index in [4.69, 9.17) is 5.11 Å². The predicted molar refractivity (Wildman–Crippen MR) is 43.9 cm³/mol. The number of hydrogen-bond acceptors (Lipinski definition) is 2. The maximum atomic E-state index is 10.6. The summed E-state index contributed by atoms with van der Waals surface area (Å²) >= 11 is 0. The number of rotatable bonds is 0. The van der Waals surface area contributed by atoms with Gasteiger partial charge in [-0.25, -0.2) is 4.79 Å². The monoisotopic (exact) mass is 173 g/mol. The zero-order chi connectivity index (χ0) is 9.30. The van der Waals surface area contributed by atoms with Gasteiger partial charge < -0.3 is 15.1 Å². The van der Waals surface area contributed by atoms with Gasteiger partial charge in [0.05, 0.1) is 6.10 Å². The Morgan fingerprint density at radius 2 is 1.75 bits per heavy atom. The molecule has 12 heavy (non-hydrogen) atoms. The molecular formula is C8H15NO3. The van der Waals surface area contributed by atoms with Gasteiger partial charge in [0, 0.05) is 24.9 Å². The Balaban J connectivity index is 2.59. The molecule has 1 aliphatic heterocycles. The molecule has 4 heteroatoms. The maximum absolute atomic E-state index is 10.6. The van der Waals surface area contributed by atoms with Crippen molar-refractivity contribution in [3.63, 3.8) is 0 Å². The molecule has 1 aliphatic rings. The molecule has 2 unspecified atom stereocenters. The van der Waals surface area contributed by atoms with E-state index >= 15 is 0 Å². The molecule has 4 nitrogen and oxygen atoms in total. The number of amides is 1. The molecule has 2 atom stereocenters. The van der Waals surface area contributed by atoms with E-state index in [2.05, 4.69) is 0 Å². The second-order valence-corrected chi connectivity index (χ2v) is 3.63. The molecule has 0 aromatic carbocycles. The number of nitrogens with zero attached hydrogens (tertiary/aromatic N) is 1. The Labute approximate surface area is 71.8 Å². The van der Waals surface area contributed by atoms with Crippen LogP contribution in [0.4, 0.5) is 4.79 Å². The first-order chi connectivity index (χ1) is 5.52. The van der Waals surface area contributed by atoms with Crippen molar-refractivity contribution in [1.82, 2.24) is 4.90 Å². The Hall–Kier alpha value is -0.770. The average Bonchev–Trinajstić information content (AvgIpc) is 1.99. The lowest BCUT2D eigenvalue weighted by atomic mass is 9.89. The normalized spacial score (nSPS) is 36.6. The zero-order valence-corrected chi connectivity index (χ0v) is 7.40. The third kappa shape index (κ3) is 1.69. The molecule has 70 valence electrons. The van der Waals surface area contributed by atoms with Crippen molar-refractivity contribution in [1.29, 1.82) is 0 Å². The summed E-state index contributed by atoms with van der Waals surface area (Å²) in [4.78, 5) is 12.0. The van der Waals surface area contributed by atoms with Crippen LogP contribution in [0.1, 0.15) is 13.8 Å². The van der Waals surface area contributed by atoms with Crippen molar-refractivity contribution < 1.29 is 15.0 Å². The van der Waals surface area contributed by atoms with E-state index in [-0.39, 0.29) is 17.9 Å². The van der Waals surface area contributed by atoms with Crippen LogP contribution >= 0.6 is 0 Å². The summed E-state index contributed by atoms with van der Waals surface area (Å²) in [6, 6.07) is 0. The number of likely N-dealkylation sites (tertiary alicyclic amines) is 1. The number of piperidine rings is 1. The van der Waals surface area contributed by atoms with Crippen LogP contribution in [-0.2, 0) is 0 Å². The summed E-state index contributed by atoms with van der Waals surface area (Å²) < 4.78 is 0. The van der Waals surface area contributed by atoms with Gasteiger partial charge in [0.1, 0.15) is 0 Å². The Bertz CT molecular complexity index is 171. The molecule has 0 aromatic heterocycles. The Kier molecular flexibility index (Phi) is 2.57. The van der Waals surface area contributed by atoms with E-state index in [9.17, 15) is 9.90 Å². The van der Waals surface area contributed by atoms with Crippen LogP contribution in [0, 0.1) is 11.8 Å². The van der Waals surface area contributed by atoms with Crippen molar-refractivity contribution in [2.45, 2.75) is 20.0 Å². The first-order valence-corrected chi connectivity index (χ1v) is 4.18. The van der Waals surface area contributed by atoms with Crippen LogP contribution in [0.3, 0.4) is 0 Å². The van der Waals surface area contributed by atoms with E-state index < -0.39 is 6.09 Å². The molecule has 1 fully saturated rings. The minimum Gasteiger partial charge on any atom is -0.465 e. The standard InChI is InChI=1S/C8H15NO3/c1-5-3-9(8(11)12)4-6(2)7(5)10/h5-7,10H,3-4H2,1-2H3,(H,11,12). The molecule has 0 saturated carbocycles. The second kappa shape index (κ2) is 3.31. The quantitative estimate of drug-likeness (QED) is 0.564. The van der Waals surface area contributed by atoms with Crippen LogP contribution in [-0.4, -0.2) is 40.4 Å². The minimum absolute atomic E-state index is 0.0462. The molecule has 2 N–H and O–H groups in total. The van der Waals surface area contributed by atoms with E-state index in [0.717, 1.165) is 0 Å². The lowest BCUT2D eigenvalue weighted by molar-refractivity contribution is -0.00240. The highest BCUT2D eigenvalue weighted by molar-refractivity contribution is 5.65. The van der Waals surface area contributed by atoms with E-state index in [0.29, 0.717) is 13.1 Å². The molecule has 0 bridgehead atoms. The predicted octanol–water partition coefficient (Wildman–Crippen LogP) is 0.613. The summed E-state index contributed by atoms with van der Waals surface area (Å²) in [5.74, 6) is 0.0923. The highest BCUT2D eigenvalue weighted by atomic mass is 16.4. The van der Waals surface area contributed by atoms with Gasteiger partial charge in [-0.2, -0.15) is 0 Å². The third-order valence-corrected chi connectivity index (χ3v) is 2.45. The summed E-state index contributed by atoms with van der Waals surface area (Å²) in [5, 5.41) is 18.2. The van der Waals surface area contributed by atoms with Crippen molar-refractivity contribution >= 4 is 6.09 Å². The van der Waals surface area contributed by atoms with Crippen LogP contribution in [0.5, 0.6) is 0 Å². The Morgan fingerprint density at radius 1 is 1.33 bits per heavy atom. The van der Waals surface area contributed by atoms with Gasteiger partial charge in [-0.15, -0.1) is 0 Å². The molecular weight excluding hydrogens is 158 g/mol. The maximum Gasteiger partial charge on any atom is 0.407 e. The first-order valence-electron chi connectivity index (χ1n) is 4.18. The van der Waals surface area contributed by atoms with E-state index in [1.165, 1.54) is 4.90 Å². The van der Waals surface area contributed by atoms with Gasteiger partial charge >= 0.3 is 6.09 Å². The largest absolute Gasteiger partial charge is 0.465 e. The second-order valence-electron chi connectivity index (χ2n) is 3.63. The number of carbonyl (C=O) groups is 1. The topological polar surface area (TPSA) is 60.8 Å². The lowest BCUT2D eigenvalue weighted by Crippen LogP contribution is -2.49. The third-order valence-electron chi connectivity index (χ3n) is 2.45. The fourth-order valence-corrected chi connectivity index (χ4v) is 1.70. The van der Waals surface area contributed by atoms with Crippen LogP contribution < -0.4 is 0 Å². The van der Waals surface area contributed by atoms with Gasteiger partial charge in [-0.1, -0.05) is 13.8 Å². The molecule has 1 rings (SSSR count). The lowest BCUT2D eigenvalue weighted by Gasteiger charge is -2.37. The fourth-order valence-electron chi connectivity index (χ4n) is 1.70. The molecule has 0 spiro atoms. The van der Waals surface area contributed by atoms with Gasteiger partial charge in [0.2, 0.25) is 0 Å². The van der Waals surface area contributed by atoms with Gasteiger partial charge in [-0.3, -0.25) is 0 Å². The summed E-state index contributed by atoms with van der Waals surface area (Å²) in [6.45, 7) is 4.63. The van der Waals surface area contributed by atoms with Crippen LogP contribution in [0.2, 0.25) is 0 Å².